The Balaban J connectivity index is 1.79. The number of esters is 1. The lowest BCUT2D eigenvalue weighted by Gasteiger charge is -2.13. The molecule has 5 aromatic rings. The van der Waals surface area contributed by atoms with Gasteiger partial charge in [-0.3, -0.25) is 4.98 Å². The number of halogens is 1. The summed E-state index contributed by atoms with van der Waals surface area (Å²) >= 11 is 0. The van der Waals surface area contributed by atoms with Crippen LogP contribution in [0.25, 0.3) is 28.0 Å². The number of benzene rings is 1. The first-order valence-corrected chi connectivity index (χ1v) is 11.4. The molecule has 5 rings (SSSR count). The van der Waals surface area contributed by atoms with Crippen LogP contribution < -0.4 is 16.2 Å². The number of ether oxygens (including phenoxy) is 2. The van der Waals surface area contributed by atoms with Crippen LogP contribution in [0.2, 0.25) is 0 Å². The standard InChI is InChI=1S/C26H22FN7O4/c1-14-9-16(10-19(30-14)24(35)38-3)21-22(15-7-5-4-6-8-15)31-25(28)34-23(21)32-33(26(34)36)13-20-18(27)11-17(37-2)12-29-20/h4-12H,13H2,1-3H3,(H2,28,31). The molecule has 192 valence electrons. The average Bonchev–Trinajstić information content (AvgIpc) is 3.25. The number of fused-ring (bicyclic) bond motifs is 1. The van der Waals surface area contributed by atoms with E-state index in [1.54, 1.807) is 13.0 Å². The van der Waals surface area contributed by atoms with Crippen LogP contribution in [0, 0.1) is 12.7 Å². The summed E-state index contributed by atoms with van der Waals surface area (Å²) in [5, 5.41) is 4.51. The molecule has 0 aliphatic heterocycles. The lowest BCUT2D eigenvalue weighted by Crippen LogP contribution is -2.24. The van der Waals surface area contributed by atoms with Gasteiger partial charge in [0, 0.05) is 17.3 Å². The van der Waals surface area contributed by atoms with Crippen molar-refractivity contribution in [2.24, 2.45) is 0 Å². The minimum Gasteiger partial charge on any atom is -0.495 e. The number of carbonyl (C=O) groups excluding carboxylic acids is 1. The first-order valence-electron chi connectivity index (χ1n) is 11.4. The van der Waals surface area contributed by atoms with E-state index in [4.69, 9.17) is 15.2 Å². The Labute approximate surface area is 215 Å². The molecule has 0 radical (unpaired) electrons. The van der Waals surface area contributed by atoms with E-state index in [-0.39, 0.29) is 35.3 Å². The molecule has 1 aromatic carbocycles. The van der Waals surface area contributed by atoms with E-state index < -0.39 is 17.5 Å². The van der Waals surface area contributed by atoms with Crippen molar-refractivity contribution in [2.75, 3.05) is 20.0 Å². The van der Waals surface area contributed by atoms with Crippen LogP contribution >= 0.6 is 0 Å². The van der Waals surface area contributed by atoms with E-state index >= 15 is 0 Å². The quantitative estimate of drug-likeness (QED) is 0.338. The Morgan fingerprint density at radius 1 is 1.08 bits per heavy atom. The van der Waals surface area contributed by atoms with Crippen LogP contribution in [0.1, 0.15) is 21.9 Å². The fraction of sp³-hybridized carbons (Fsp3) is 0.154. The highest BCUT2D eigenvalue weighted by Crippen LogP contribution is 2.35. The van der Waals surface area contributed by atoms with Gasteiger partial charge in [-0.05, 0) is 24.6 Å². The predicted molar refractivity (Wildman–Crippen MR) is 136 cm³/mol. The van der Waals surface area contributed by atoms with E-state index in [2.05, 4.69) is 20.1 Å². The molecule has 0 aliphatic rings. The average molecular weight is 516 g/mol. The maximum absolute atomic E-state index is 14.6. The molecule has 0 spiro atoms. The first-order chi connectivity index (χ1) is 18.3. The smallest absolute Gasteiger partial charge is 0.356 e. The van der Waals surface area contributed by atoms with Crippen LogP contribution in [0.5, 0.6) is 5.75 Å². The molecule has 2 N–H and O–H groups in total. The Morgan fingerprint density at radius 3 is 2.53 bits per heavy atom. The van der Waals surface area contributed by atoms with E-state index in [1.807, 2.05) is 30.3 Å². The zero-order valence-electron chi connectivity index (χ0n) is 20.7. The molecule has 0 amide bonds. The van der Waals surface area contributed by atoms with Gasteiger partial charge in [0.2, 0.25) is 5.95 Å². The number of nitrogens with zero attached hydrogens (tertiary/aromatic N) is 6. The molecule has 38 heavy (non-hydrogen) atoms. The highest BCUT2D eigenvalue weighted by atomic mass is 19.1. The number of hydrogen-bond donors (Lipinski definition) is 1. The van der Waals surface area contributed by atoms with Gasteiger partial charge >= 0.3 is 11.7 Å². The second kappa shape index (κ2) is 9.73. The fourth-order valence-corrected chi connectivity index (χ4v) is 4.12. The summed E-state index contributed by atoms with van der Waals surface area (Å²) in [6.07, 6.45) is 1.35. The number of aryl methyl sites for hydroxylation is 1. The molecular formula is C26H22FN7O4. The van der Waals surface area contributed by atoms with Crippen LogP contribution in [-0.2, 0) is 11.3 Å². The third kappa shape index (κ3) is 4.32. The van der Waals surface area contributed by atoms with Gasteiger partial charge in [-0.25, -0.2) is 33.0 Å². The lowest BCUT2D eigenvalue weighted by molar-refractivity contribution is 0.0594. The van der Waals surface area contributed by atoms with Crippen molar-refractivity contribution in [1.29, 1.82) is 0 Å². The van der Waals surface area contributed by atoms with Crippen molar-refractivity contribution in [1.82, 2.24) is 29.1 Å². The molecule has 0 bridgehead atoms. The first kappa shape index (κ1) is 24.6. The predicted octanol–water partition coefficient (Wildman–Crippen LogP) is 2.89. The van der Waals surface area contributed by atoms with Crippen LogP contribution in [0.15, 0.2) is 59.5 Å². The van der Waals surface area contributed by atoms with Gasteiger partial charge in [0.05, 0.1) is 43.9 Å². The van der Waals surface area contributed by atoms with Gasteiger partial charge in [0.15, 0.2) is 5.65 Å². The van der Waals surface area contributed by atoms with E-state index in [0.717, 1.165) is 9.08 Å². The Hall–Kier alpha value is -5.13. The van der Waals surface area contributed by atoms with Gasteiger partial charge < -0.3 is 15.2 Å². The monoisotopic (exact) mass is 515 g/mol. The molecule has 12 heteroatoms. The van der Waals surface area contributed by atoms with Crippen molar-refractivity contribution >= 4 is 17.6 Å². The van der Waals surface area contributed by atoms with Crippen LogP contribution in [0.3, 0.4) is 0 Å². The third-order valence-electron chi connectivity index (χ3n) is 5.87. The summed E-state index contributed by atoms with van der Waals surface area (Å²) in [6.45, 7) is 1.46. The Kier molecular flexibility index (Phi) is 6.29. The topological polar surface area (TPSA) is 140 Å². The van der Waals surface area contributed by atoms with Crippen molar-refractivity contribution < 1.29 is 18.7 Å². The highest BCUT2D eigenvalue weighted by molar-refractivity contribution is 5.94. The van der Waals surface area contributed by atoms with E-state index in [9.17, 15) is 14.0 Å². The van der Waals surface area contributed by atoms with Crippen molar-refractivity contribution in [2.45, 2.75) is 13.5 Å². The zero-order valence-corrected chi connectivity index (χ0v) is 20.7. The number of anilines is 1. The molecule has 0 saturated carbocycles. The molecule has 11 nitrogen and oxygen atoms in total. The number of carbonyl (C=O) groups is 1. The normalized spacial score (nSPS) is 11.1. The number of nitrogen functional groups attached to an aromatic ring is 1. The number of rotatable bonds is 6. The maximum Gasteiger partial charge on any atom is 0.356 e. The number of nitrogens with two attached hydrogens (primary N) is 1. The van der Waals surface area contributed by atoms with Crippen molar-refractivity contribution in [3.8, 4) is 28.1 Å². The minimum atomic E-state index is -0.655. The summed E-state index contributed by atoms with van der Waals surface area (Å²) in [5.41, 5.74) is 8.45. The van der Waals surface area contributed by atoms with E-state index in [1.165, 1.54) is 32.5 Å². The van der Waals surface area contributed by atoms with Gasteiger partial charge in [-0.1, -0.05) is 30.3 Å². The molecule has 0 atom stereocenters. The molecule has 0 fully saturated rings. The SMILES string of the molecule is COC(=O)c1cc(-c2c(-c3ccccc3)nc(N)n3c(=O)n(Cc4ncc(OC)cc4F)nc23)cc(C)n1. The van der Waals surface area contributed by atoms with Gasteiger partial charge in [-0.15, -0.1) is 5.10 Å². The number of methoxy groups -OCH3 is 2. The van der Waals surface area contributed by atoms with Crippen molar-refractivity contribution in [3.63, 3.8) is 0 Å². The second-order valence-electron chi connectivity index (χ2n) is 8.34. The largest absolute Gasteiger partial charge is 0.495 e. The summed E-state index contributed by atoms with van der Waals surface area (Å²) in [4.78, 5) is 38.6. The van der Waals surface area contributed by atoms with Gasteiger partial charge in [-0.2, -0.15) is 0 Å². The lowest BCUT2D eigenvalue weighted by atomic mass is 9.99. The van der Waals surface area contributed by atoms with E-state index in [0.29, 0.717) is 28.1 Å². The summed E-state index contributed by atoms with van der Waals surface area (Å²) in [5.74, 6) is -1.15. The molecule has 4 heterocycles. The van der Waals surface area contributed by atoms with Crippen LogP contribution in [0.4, 0.5) is 10.3 Å². The number of aromatic nitrogens is 6. The summed E-state index contributed by atoms with van der Waals surface area (Å²) < 4.78 is 26.7. The summed E-state index contributed by atoms with van der Waals surface area (Å²) in [6, 6.07) is 13.6. The minimum absolute atomic E-state index is 0.0135. The number of pyridine rings is 2. The van der Waals surface area contributed by atoms with Crippen molar-refractivity contribution in [3.05, 3.63) is 88.1 Å². The second-order valence-corrected chi connectivity index (χ2v) is 8.34. The fourth-order valence-electron chi connectivity index (χ4n) is 4.12. The third-order valence-corrected chi connectivity index (χ3v) is 5.87. The van der Waals surface area contributed by atoms with Crippen LogP contribution in [-0.4, -0.2) is 49.3 Å². The summed E-state index contributed by atoms with van der Waals surface area (Å²) in [7, 11) is 2.66. The molecule has 4 aromatic heterocycles. The molecular weight excluding hydrogens is 493 g/mol. The molecule has 0 saturated heterocycles. The molecule has 0 aliphatic carbocycles. The van der Waals surface area contributed by atoms with Gasteiger partial charge in [0.1, 0.15) is 17.3 Å². The Bertz CT molecular complexity index is 1750. The molecule has 0 unspecified atom stereocenters. The Morgan fingerprint density at radius 2 is 1.84 bits per heavy atom. The number of hydrogen-bond acceptors (Lipinski definition) is 9. The maximum atomic E-state index is 14.6. The highest BCUT2D eigenvalue weighted by Gasteiger charge is 2.23. The zero-order chi connectivity index (χ0) is 27.0. The van der Waals surface area contributed by atoms with Gasteiger partial charge in [0.25, 0.3) is 0 Å².